The molecule has 1 N–H and O–H groups in total. The molecule has 0 aliphatic rings. The van der Waals surface area contributed by atoms with Crippen LogP contribution in [0, 0.1) is 6.92 Å². The third kappa shape index (κ3) is 6.76. The van der Waals surface area contributed by atoms with Gasteiger partial charge >= 0.3 is 5.97 Å². The first-order chi connectivity index (χ1) is 13.7. The average Bonchev–Trinajstić information content (AvgIpc) is 2.67. The van der Waals surface area contributed by atoms with Crippen molar-refractivity contribution in [2.45, 2.75) is 42.2 Å². The maximum Gasteiger partial charge on any atom is 0.341 e. The number of hydrogen-bond donors (Lipinski definition) is 1. The molecule has 0 fully saturated rings. The summed E-state index contributed by atoms with van der Waals surface area (Å²) in [5.41, 5.74) is 0.839. The van der Waals surface area contributed by atoms with Crippen LogP contribution in [0.3, 0.4) is 0 Å². The van der Waals surface area contributed by atoms with Crippen molar-refractivity contribution in [3.63, 3.8) is 0 Å². The number of aryl methyl sites for hydroxylation is 1. The molecule has 2 aromatic carbocycles. The molecule has 1 atom stereocenters. The van der Waals surface area contributed by atoms with Gasteiger partial charge in [0.15, 0.2) is 6.61 Å². The van der Waals surface area contributed by atoms with Gasteiger partial charge in [-0.3, -0.25) is 0 Å². The van der Waals surface area contributed by atoms with Crippen molar-refractivity contribution in [3.8, 4) is 5.75 Å². The zero-order valence-electron chi connectivity index (χ0n) is 16.9. The van der Waals surface area contributed by atoms with Crippen LogP contribution in [0.15, 0.2) is 58.3 Å². The minimum Gasteiger partial charge on any atom is -0.482 e. The first-order valence-corrected chi connectivity index (χ1v) is 11.7. The van der Waals surface area contributed by atoms with Crippen LogP contribution in [0.1, 0.15) is 25.8 Å². The van der Waals surface area contributed by atoms with Gasteiger partial charge in [-0.1, -0.05) is 32.0 Å². The monoisotopic (exact) mass is 437 g/mol. The Labute approximate surface area is 176 Å². The number of aliphatic carboxylic acids is 1. The number of sulfonamides is 1. The Morgan fingerprint density at radius 3 is 2.48 bits per heavy atom. The lowest BCUT2D eigenvalue weighted by Crippen LogP contribution is -2.36. The van der Waals surface area contributed by atoms with Gasteiger partial charge < -0.3 is 9.84 Å². The number of thioether (sulfide) groups is 1. The van der Waals surface area contributed by atoms with Gasteiger partial charge in [0.05, 0.1) is 4.90 Å². The molecule has 0 saturated carbocycles. The summed E-state index contributed by atoms with van der Waals surface area (Å²) in [4.78, 5) is 11.9. The molecule has 29 heavy (non-hydrogen) atoms. The predicted molar refractivity (Wildman–Crippen MR) is 115 cm³/mol. The summed E-state index contributed by atoms with van der Waals surface area (Å²) in [7, 11) is -3.54. The lowest BCUT2D eigenvalue weighted by Gasteiger charge is -2.25. The fraction of sp³-hybridized carbons (Fsp3) is 0.381. The molecular formula is C21H27NO5S2. The summed E-state index contributed by atoms with van der Waals surface area (Å²) in [6, 6.07) is 14.0. The molecule has 0 amide bonds. The normalized spacial score (nSPS) is 12.7. The van der Waals surface area contributed by atoms with Crippen LogP contribution in [0.2, 0.25) is 0 Å². The highest BCUT2D eigenvalue weighted by Crippen LogP contribution is 2.29. The Kier molecular flexibility index (Phi) is 8.55. The first-order valence-electron chi connectivity index (χ1n) is 9.41. The van der Waals surface area contributed by atoms with E-state index in [1.54, 1.807) is 48.2 Å². The molecular weight excluding hydrogens is 410 g/mol. The Hall–Kier alpha value is -2.03. The van der Waals surface area contributed by atoms with Crippen molar-refractivity contribution >= 4 is 27.8 Å². The van der Waals surface area contributed by atoms with Crippen LogP contribution < -0.4 is 4.74 Å². The van der Waals surface area contributed by atoms with Crippen molar-refractivity contribution in [1.82, 2.24) is 4.31 Å². The lowest BCUT2D eigenvalue weighted by molar-refractivity contribution is -0.139. The van der Waals surface area contributed by atoms with Crippen LogP contribution in [0.5, 0.6) is 5.75 Å². The Bertz CT molecular complexity index is 916. The highest BCUT2D eigenvalue weighted by molar-refractivity contribution is 8.00. The molecule has 0 saturated heterocycles. The standard InChI is InChI=1S/C21H27NO5S2/c1-4-12-22(29(25,26)19-8-6-5-7-9-19)14-17(3)28-18-10-11-20(16(2)13-18)27-15-21(23)24/h5-11,13,17H,4,12,14-15H2,1-3H3,(H,23,24)/t17-/m1/s1. The van der Waals surface area contributed by atoms with Crippen LogP contribution in [0.25, 0.3) is 0 Å². The van der Waals surface area contributed by atoms with E-state index in [1.807, 2.05) is 32.9 Å². The minimum absolute atomic E-state index is 0.0326. The molecule has 0 spiro atoms. The highest BCUT2D eigenvalue weighted by Gasteiger charge is 2.25. The van der Waals surface area contributed by atoms with E-state index in [-0.39, 0.29) is 11.9 Å². The van der Waals surface area contributed by atoms with Gasteiger partial charge in [-0.05, 0) is 49.2 Å². The van der Waals surface area contributed by atoms with Gasteiger partial charge in [-0.15, -0.1) is 11.8 Å². The minimum atomic E-state index is -3.54. The molecule has 2 aromatic rings. The number of hydrogen-bond acceptors (Lipinski definition) is 5. The number of carboxylic acids is 1. The van der Waals surface area contributed by atoms with Crippen molar-refractivity contribution in [2.24, 2.45) is 0 Å². The van der Waals surface area contributed by atoms with Crippen molar-refractivity contribution in [1.29, 1.82) is 0 Å². The second-order valence-electron chi connectivity index (χ2n) is 6.71. The number of carboxylic acid groups (broad SMARTS) is 1. The smallest absolute Gasteiger partial charge is 0.341 e. The summed E-state index contributed by atoms with van der Waals surface area (Å²) >= 11 is 1.58. The molecule has 0 aliphatic carbocycles. The van der Waals surface area contributed by atoms with Gasteiger partial charge in [0.2, 0.25) is 10.0 Å². The van der Waals surface area contributed by atoms with E-state index < -0.39 is 16.0 Å². The van der Waals surface area contributed by atoms with E-state index in [4.69, 9.17) is 9.84 Å². The third-order valence-electron chi connectivity index (χ3n) is 4.15. The van der Waals surface area contributed by atoms with E-state index >= 15 is 0 Å². The second kappa shape index (κ2) is 10.7. The predicted octanol–water partition coefficient (Wildman–Crippen LogP) is 4.04. The number of carbonyl (C=O) groups is 1. The van der Waals surface area contributed by atoms with Crippen LogP contribution >= 0.6 is 11.8 Å². The van der Waals surface area contributed by atoms with Crippen LogP contribution in [0.4, 0.5) is 0 Å². The van der Waals surface area contributed by atoms with E-state index in [2.05, 4.69) is 0 Å². The molecule has 0 aliphatic heterocycles. The second-order valence-corrected chi connectivity index (χ2v) is 10.2. The summed E-state index contributed by atoms with van der Waals surface area (Å²) in [5.74, 6) is -0.490. The number of nitrogens with zero attached hydrogens (tertiary/aromatic N) is 1. The maximum atomic E-state index is 13.0. The molecule has 2 rings (SSSR count). The molecule has 0 aromatic heterocycles. The van der Waals surface area contributed by atoms with E-state index in [0.717, 1.165) is 16.9 Å². The maximum absolute atomic E-state index is 13.0. The van der Waals surface area contributed by atoms with Gasteiger partial charge in [-0.25, -0.2) is 13.2 Å². The van der Waals surface area contributed by atoms with Crippen molar-refractivity contribution in [3.05, 3.63) is 54.1 Å². The average molecular weight is 438 g/mol. The summed E-state index contributed by atoms with van der Waals surface area (Å²) in [6.07, 6.45) is 0.734. The van der Waals surface area contributed by atoms with Crippen LogP contribution in [-0.2, 0) is 14.8 Å². The van der Waals surface area contributed by atoms with E-state index in [0.29, 0.717) is 23.7 Å². The SMILES string of the molecule is CCCN(C[C@@H](C)Sc1ccc(OCC(=O)O)c(C)c1)S(=O)(=O)c1ccccc1. The zero-order valence-corrected chi connectivity index (χ0v) is 18.5. The van der Waals surface area contributed by atoms with Gasteiger partial charge in [-0.2, -0.15) is 4.31 Å². The zero-order chi connectivity index (χ0) is 21.4. The fourth-order valence-electron chi connectivity index (χ4n) is 2.85. The summed E-state index contributed by atoms with van der Waals surface area (Å²) < 4.78 is 32.8. The number of benzene rings is 2. The largest absolute Gasteiger partial charge is 0.482 e. The Morgan fingerprint density at radius 1 is 1.21 bits per heavy atom. The number of ether oxygens (including phenoxy) is 1. The van der Waals surface area contributed by atoms with Gasteiger partial charge in [0.1, 0.15) is 5.75 Å². The van der Waals surface area contributed by atoms with Gasteiger partial charge in [0, 0.05) is 23.2 Å². The highest BCUT2D eigenvalue weighted by atomic mass is 32.2. The van der Waals surface area contributed by atoms with Crippen molar-refractivity contribution in [2.75, 3.05) is 19.7 Å². The molecule has 0 radical (unpaired) electrons. The molecule has 0 bridgehead atoms. The first kappa shape index (κ1) is 23.3. The lowest BCUT2D eigenvalue weighted by atomic mass is 10.2. The van der Waals surface area contributed by atoms with Crippen molar-refractivity contribution < 1.29 is 23.1 Å². The van der Waals surface area contributed by atoms with E-state index in [9.17, 15) is 13.2 Å². The fourth-order valence-corrected chi connectivity index (χ4v) is 5.70. The van der Waals surface area contributed by atoms with Gasteiger partial charge in [0.25, 0.3) is 0 Å². The Morgan fingerprint density at radius 2 is 1.90 bits per heavy atom. The third-order valence-corrected chi connectivity index (χ3v) is 7.11. The molecule has 0 heterocycles. The van der Waals surface area contributed by atoms with E-state index in [1.165, 1.54) is 4.31 Å². The van der Waals surface area contributed by atoms with Crippen LogP contribution in [-0.4, -0.2) is 48.7 Å². The molecule has 158 valence electrons. The summed E-state index contributed by atoms with van der Waals surface area (Å²) in [6.45, 7) is 6.29. The Balaban J connectivity index is 2.08. The summed E-state index contributed by atoms with van der Waals surface area (Å²) in [5, 5.41) is 8.76. The molecule has 6 nitrogen and oxygen atoms in total. The topological polar surface area (TPSA) is 83.9 Å². The molecule has 0 unspecified atom stereocenters. The number of rotatable bonds is 11. The quantitative estimate of drug-likeness (QED) is 0.534. The molecule has 8 heteroatoms.